The van der Waals surface area contributed by atoms with Gasteiger partial charge in [0, 0.05) is 0 Å². The highest BCUT2D eigenvalue weighted by Crippen LogP contribution is 2.21. The summed E-state index contributed by atoms with van der Waals surface area (Å²) in [5.41, 5.74) is 5.44. The van der Waals surface area contributed by atoms with Crippen molar-refractivity contribution in [2.24, 2.45) is 0 Å². The van der Waals surface area contributed by atoms with E-state index in [0.717, 1.165) is 0 Å². The molecular formula is C11H15NO3. The number of rotatable bonds is 1. The minimum absolute atomic E-state index is 0.312. The van der Waals surface area contributed by atoms with E-state index in [1.807, 2.05) is 0 Å². The molecule has 0 aromatic heterocycles. The fraction of sp³-hybridized carbons (Fsp3) is 0.364. The molecule has 0 aliphatic heterocycles. The van der Waals surface area contributed by atoms with Gasteiger partial charge in [0.1, 0.15) is 5.60 Å². The molecule has 4 heteroatoms. The Morgan fingerprint density at radius 1 is 1.27 bits per heavy atom. The van der Waals surface area contributed by atoms with Gasteiger partial charge in [-0.1, -0.05) is 12.1 Å². The number of nitrogen functional groups attached to an aromatic ring is 1. The second-order valence-electron chi connectivity index (χ2n) is 4.10. The molecule has 1 aromatic rings. The van der Waals surface area contributed by atoms with Crippen LogP contribution < -0.4 is 10.5 Å². The SMILES string of the molecule is CC(C)(C)OC(=O)Oc1ccccc1N. The van der Waals surface area contributed by atoms with Crippen molar-refractivity contribution in [2.75, 3.05) is 5.73 Å². The van der Waals surface area contributed by atoms with E-state index in [2.05, 4.69) is 0 Å². The molecule has 0 fully saturated rings. The number of anilines is 1. The van der Waals surface area contributed by atoms with E-state index in [-0.39, 0.29) is 0 Å². The maximum absolute atomic E-state index is 11.3. The van der Waals surface area contributed by atoms with E-state index >= 15 is 0 Å². The van der Waals surface area contributed by atoms with E-state index in [0.29, 0.717) is 11.4 Å². The van der Waals surface area contributed by atoms with Crippen LogP contribution in [0.5, 0.6) is 5.75 Å². The zero-order valence-electron chi connectivity index (χ0n) is 9.11. The fourth-order valence-electron chi connectivity index (χ4n) is 0.934. The maximum Gasteiger partial charge on any atom is 0.514 e. The van der Waals surface area contributed by atoms with Crippen molar-refractivity contribution >= 4 is 11.8 Å². The van der Waals surface area contributed by atoms with Gasteiger partial charge in [-0.2, -0.15) is 0 Å². The minimum Gasteiger partial charge on any atom is -0.428 e. The molecule has 4 nitrogen and oxygen atoms in total. The normalized spacial score (nSPS) is 10.9. The number of benzene rings is 1. The van der Waals surface area contributed by atoms with Crippen molar-refractivity contribution in [3.8, 4) is 5.75 Å². The molecule has 2 N–H and O–H groups in total. The van der Waals surface area contributed by atoms with Crippen LogP contribution in [0, 0.1) is 0 Å². The number of ether oxygens (including phenoxy) is 2. The Hall–Kier alpha value is -1.71. The summed E-state index contributed by atoms with van der Waals surface area (Å²) in [5.74, 6) is 0.312. The Kier molecular flexibility index (Phi) is 3.19. The van der Waals surface area contributed by atoms with E-state index in [9.17, 15) is 4.79 Å². The smallest absolute Gasteiger partial charge is 0.428 e. The molecule has 0 heterocycles. The molecule has 1 aromatic carbocycles. The second kappa shape index (κ2) is 4.21. The standard InChI is InChI=1S/C11H15NO3/c1-11(2,3)15-10(13)14-9-7-5-4-6-8(9)12/h4-7H,12H2,1-3H3. The molecule has 82 valence electrons. The first-order valence-corrected chi connectivity index (χ1v) is 4.64. The van der Waals surface area contributed by atoms with Gasteiger partial charge in [0.05, 0.1) is 5.69 Å². The van der Waals surface area contributed by atoms with Gasteiger partial charge in [-0.15, -0.1) is 0 Å². The summed E-state index contributed by atoms with van der Waals surface area (Å²) in [6.07, 6.45) is -0.750. The summed E-state index contributed by atoms with van der Waals surface area (Å²) in [4.78, 5) is 11.3. The molecule has 0 aliphatic carbocycles. The summed E-state index contributed by atoms with van der Waals surface area (Å²) in [5, 5.41) is 0. The molecule has 0 saturated carbocycles. The third kappa shape index (κ3) is 3.89. The molecule has 0 radical (unpaired) electrons. The molecule has 0 saturated heterocycles. The maximum atomic E-state index is 11.3. The van der Waals surface area contributed by atoms with Crippen molar-refractivity contribution in [3.63, 3.8) is 0 Å². The highest BCUT2D eigenvalue weighted by atomic mass is 16.7. The van der Waals surface area contributed by atoms with Crippen LogP contribution in [0.1, 0.15) is 20.8 Å². The number of carbonyl (C=O) groups is 1. The van der Waals surface area contributed by atoms with E-state index < -0.39 is 11.8 Å². The van der Waals surface area contributed by atoms with Gasteiger partial charge < -0.3 is 15.2 Å². The molecule has 0 unspecified atom stereocenters. The first-order chi connectivity index (χ1) is 6.88. The van der Waals surface area contributed by atoms with Gasteiger partial charge in [0.2, 0.25) is 0 Å². The van der Waals surface area contributed by atoms with Crippen molar-refractivity contribution < 1.29 is 14.3 Å². The van der Waals surface area contributed by atoms with E-state index in [1.165, 1.54) is 0 Å². The average molecular weight is 209 g/mol. The first-order valence-electron chi connectivity index (χ1n) is 4.64. The largest absolute Gasteiger partial charge is 0.514 e. The number of hydrogen-bond acceptors (Lipinski definition) is 4. The van der Waals surface area contributed by atoms with Crippen LogP contribution in [-0.4, -0.2) is 11.8 Å². The van der Waals surface area contributed by atoms with E-state index in [4.69, 9.17) is 15.2 Å². The lowest BCUT2D eigenvalue weighted by molar-refractivity contribution is 0.0207. The molecule has 15 heavy (non-hydrogen) atoms. The summed E-state index contributed by atoms with van der Waals surface area (Å²) in [6.45, 7) is 5.30. The second-order valence-corrected chi connectivity index (χ2v) is 4.10. The van der Waals surface area contributed by atoms with Gasteiger partial charge in [-0.05, 0) is 32.9 Å². The third-order valence-electron chi connectivity index (χ3n) is 1.50. The highest BCUT2D eigenvalue weighted by Gasteiger charge is 2.18. The van der Waals surface area contributed by atoms with Crippen molar-refractivity contribution in [1.82, 2.24) is 0 Å². The van der Waals surface area contributed by atoms with Gasteiger partial charge in [-0.25, -0.2) is 4.79 Å². The predicted octanol–water partition coefficient (Wildman–Crippen LogP) is 2.58. The average Bonchev–Trinajstić information content (AvgIpc) is 2.05. The molecule has 0 aliphatic rings. The van der Waals surface area contributed by atoms with Gasteiger partial charge in [0.15, 0.2) is 5.75 Å². The van der Waals surface area contributed by atoms with Gasteiger partial charge in [0.25, 0.3) is 0 Å². The van der Waals surface area contributed by atoms with Crippen LogP contribution in [0.2, 0.25) is 0 Å². The molecule has 0 bridgehead atoms. The molecule has 0 amide bonds. The number of carbonyl (C=O) groups excluding carboxylic acids is 1. The Bertz CT molecular complexity index is 355. The van der Waals surface area contributed by atoms with E-state index in [1.54, 1.807) is 45.0 Å². The van der Waals surface area contributed by atoms with Crippen molar-refractivity contribution in [1.29, 1.82) is 0 Å². The van der Waals surface area contributed by atoms with Crippen LogP contribution in [0.4, 0.5) is 10.5 Å². The lowest BCUT2D eigenvalue weighted by atomic mass is 10.2. The molecular weight excluding hydrogens is 194 g/mol. The number of nitrogens with two attached hydrogens (primary N) is 1. The molecule has 0 atom stereocenters. The Morgan fingerprint density at radius 3 is 2.40 bits per heavy atom. The Labute approximate surface area is 89.0 Å². The zero-order chi connectivity index (χ0) is 11.5. The monoisotopic (exact) mass is 209 g/mol. The summed E-state index contributed by atoms with van der Waals surface area (Å²) in [6, 6.07) is 6.76. The summed E-state index contributed by atoms with van der Waals surface area (Å²) < 4.78 is 9.91. The van der Waals surface area contributed by atoms with Crippen LogP contribution in [0.15, 0.2) is 24.3 Å². The van der Waals surface area contributed by atoms with Crippen LogP contribution in [0.3, 0.4) is 0 Å². The quantitative estimate of drug-likeness (QED) is 0.438. The first kappa shape index (κ1) is 11.4. The van der Waals surface area contributed by atoms with Crippen LogP contribution in [-0.2, 0) is 4.74 Å². The molecule has 0 spiro atoms. The van der Waals surface area contributed by atoms with Gasteiger partial charge in [-0.3, -0.25) is 0 Å². The lowest BCUT2D eigenvalue weighted by Crippen LogP contribution is -2.26. The number of hydrogen-bond donors (Lipinski definition) is 1. The third-order valence-corrected chi connectivity index (χ3v) is 1.50. The minimum atomic E-state index is -0.750. The van der Waals surface area contributed by atoms with Gasteiger partial charge >= 0.3 is 6.16 Å². The lowest BCUT2D eigenvalue weighted by Gasteiger charge is -2.18. The fourth-order valence-corrected chi connectivity index (χ4v) is 0.934. The Balaban J connectivity index is 2.64. The molecule has 1 rings (SSSR count). The summed E-state index contributed by atoms with van der Waals surface area (Å²) >= 11 is 0. The summed E-state index contributed by atoms with van der Waals surface area (Å²) in [7, 11) is 0. The van der Waals surface area contributed by atoms with Crippen molar-refractivity contribution in [2.45, 2.75) is 26.4 Å². The van der Waals surface area contributed by atoms with Crippen LogP contribution >= 0.6 is 0 Å². The topological polar surface area (TPSA) is 61.5 Å². The Morgan fingerprint density at radius 2 is 1.87 bits per heavy atom. The zero-order valence-corrected chi connectivity index (χ0v) is 9.11. The number of para-hydroxylation sites is 2. The van der Waals surface area contributed by atoms with Crippen molar-refractivity contribution in [3.05, 3.63) is 24.3 Å². The van der Waals surface area contributed by atoms with Crippen LogP contribution in [0.25, 0.3) is 0 Å². The highest BCUT2D eigenvalue weighted by molar-refractivity contribution is 5.67. The predicted molar refractivity (Wildman–Crippen MR) is 57.7 cm³/mol.